The lowest BCUT2D eigenvalue weighted by atomic mass is 9.93. The van der Waals surface area contributed by atoms with Gasteiger partial charge in [0.05, 0.1) is 0 Å². The summed E-state index contributed by atoms with van der Waals surface area (Å²) in [4.78, 5) is 2.57. The lowest BCUT2D eigenvalue weighted by molar-refractivity contribution is 0.487. The van der Waals surface area contributed by atoms with E-state index in [2.05, 4.69) is 55.3 Å². The van der Waals surface area contributed by atoms with Crippen LogP contribution < -0.4 is 10.2 Å². The number of fused-ring (bicyclic) bond motifs is 1. The van der Waals surface area contributed by atoms with Crippen molar-refractivity contribution >= 4 is 5.69 Å². The maximum absolute atomic E-state index is 3.49. The molecule has 0 aromatic heterocycles. The van der Waals surface area contributed by atoms with Gasteiger partial charge >= 0.3 is 0 Å². The van der Waals surface area contributed by atoms with Crippen LogP contribution in [0.1, 0.15) is 32.8 Å². The maximum atomic E-state index is 3.49. The molecular formula is C16H26N2. The van der Waals surface area contributed by atoms with Gasteiger partial charge in [0.25, 0.3) is 0 Å². The van der Waals surface area contributed by atoms with Crippen LogP contribution in [0, 0.1) is 5.92 Å². The Labute approximate surface area is 111 Å². The Kier molecular flexibility index (Phi) is 4.65. The number of hydrogen-bond donors (Lipinski definition) is 1. The summed E-state index contributed by atoms with van der Waals surface area (Å²) in [6.45, 7) is 10.2. The van der Waals surface area contributed by atoms with E-state index in [0.717, 1.165) is 19.0 Å². The molecule has 0 fully saturated rings. The van der Waals surface area contributed by atoms with E-state index in [-0.39, 0.29) is 0 Å². The summed E-state index contributed by atoms with van der Waals surface area (Å²) in [5.41, 5.74) is 2.98. The van der Waals surface area contributed by atoms with Crippen molar-refractivity contribution in [1.82, 2.24) is 5.32 Å². The Morgan fingerprint density at radius 1 is 1.39 bits per heavy atom. The molecule has 2 rings (SSSR count). The first kappa shape index (κ1) is 13.4. The number of hydrogen-bond acceptors (Lipinski definition) is 2. The third-order valence-corrected chi connectivity index (χ3v) is 3.82. The molecule has 0 aliphatic carbocycles. The molecule has 1 heterocycles. The molecule has 2 nitrogen and oxygen atoms in total. The van der Waals surface area contributed by atoms with E-state index in [1.807, 2.05) is 0 Å². The second-order valence-electron chi connectivity index (χ2n) is 5.63. The zero-order chi connectivity index (χ0) is 13.0. The lowest BCUT2D eigenvalue weighted by Crippen LogP contribution is -2.38. The molecule has 0 bridgehead atoms. The number of anilines is 1. The normalized spacial score (nSPS) is 20.6. The molecule has 1 N–H and O–H groups in total. The van der Waals surface area contributed by atoms with Crippen molar-refractivity contribution in [3.8, 4) is 0 Å². The summed E-state index contributed by atoms with van der Waals surface area (Å²) in [7, 11) is 0. The van der Waals surface area contributed by atoms with Crippen LogP contribution in [0.3, 0.4) is 0 Å². The van der Waals surface area contributed by atoms with Gasteiger partial charge in [0.1, 0.15) is 0 Å². The van der Waals surface area contributed by atoms with E-state index < -0.39 is 0 Å². The van der Waals surface area contributed by atoms with Crippen LogP contribution in [0.5, 0.6) is 0 Å². The minimum Gasteiger partial charge on any atom is -0.371 e. The lowest BCUT2D eigenvalue weighted by Gasteiger charge is -2.35. The Hall–Kier alpha value is -1.02. The quantitative estimate of drug-likeness (QED) is 0.859. The largest absolute Gasteiger partial charge is 0.371 e. The first-order chi connectivity index (χ1) is 8.70. The monoisotopic (exact) mass is 246 g/mol. The minimum absolute atomic E-state index is 0.611. The van der Waals surface area contributed by atoms with Gasteiger partial charge in [-0.3, -0.25) is 0 Å². The number of para-hydroxylation sites is 1. The van der Waals surface area contributed by atoms with Gasteiger partial charge in [-0.05, 0) is 43.9 Å². The Balaban J connectivity index is 2.00. The summed E-state index contributed by atoms with van der Waals surface area (Å²) in [5.74, 6) is 0.773. The molecule has 0 spiro atoms. The smallest absolute Gasteiger partial charge is 0.0398 e. The molecule has 2 heteroatoms. The zero-order valence-electron chi connectivity index (χ0n) is 11.9. The SMILES string of the molecule is CCNC(C)CCN1CC(C)Cc2ccccc21. The van der Waals surface area contributed by atoms with E-state index in [1.165, 1.54) is 30.6 Å². The van der Waals surface area contributed by atoms with E-state index in [9.17, 15) is 0 Å². The second-order valence-corrected chi connectivity index (χ2v) is 5.63. The van der Waals surface area contributed by atoms with Gasteiger partial charge in [-0.2, -0.15) is 0 Å². The molecule has 100 valence electrons. The number of nitrogens with one attached hydrogen (secondary N) is 1. The highest BCUT2D eigenvalue weighted by Gasteiger charge is 2.21. The average Bonchev–Trinajstić information content (AvgIpc) is 2.36. The van der Waals surface area contributed by atoms with E-state index in [4.69, 9.17) is 0 Å². The minimum atomic E-state index is 0.611. The van der Waals surface area contributed by atoms with Crippen LogP contribution in [-0.4, -0.2) is 25.7 Å². The van der Waals surface area contributed by atoms with Crippen LogP contribution >= 0.6 is 0 Å². The van der Waals surface area contributed by atoms with E-state index in [0.29, 0.717) is 6.04 Å². The number of nitrogens with zero attached hydrogens (tertiary/aromatic N) is 1. The number of benzene rings is 1. The first-order valence-corrected chi connectivity index (χ1v) is 7.27. The fourth-order valence-electron chi connectivity index (χ4n) is 2.92. The van der Waals surface area contributed by atoms with Crippen LogP contribution in [0.4, 0.5) is 5.69 Å². The fourth-order valence-corrected chi connectivity index (χ4v) is 2.92. The Bertz CT molecular complexity index is 375. The molecule has 1 aromatic rings. The van der Waals surface area contributed by atoms with Gasteiger partial charge in [-0.15, -0.1) is 0 Å². The second kappa shape index (κ2) is 6.24. The molecule has 2 atom stereocenters. The van der Waals surface area contributed by atoms with E-state index in [1.54, 1.807) is 0 Å². The molecule has 0 saturated carbocycles. The fraction of sp³-hybridized carbons (Fsp3) is 0.625. The molecule has 0 radical (unpaired) electrons. The van der Waals surface area contributed by atoms with Crippen molar-refractivity contribution in [1.29, 1.82) is 0 Å². The zero-order valence-corrected chi connectivity index (χ0v) is 11.9. The van der Waals surface area contributed by atoms with Crippen LogP contribution in [0.2, 0.25) is 0 Å². The van der Waals surface area contributed by atoms with Gasteiger partial charge in [0.2, 0.25) is 0 Å². The Morgan fingerprint density at radius 3 is 2.94 bits per heavy atom. The summed E-state index contributed by atoms with van der Waals surface area (Å²) in [6, 6.07) is 9.50. The number of rotatable bonds is 5. The van der Waals surface area contributed by atoms with Gasteiger partial charge in [-0.1, -0.05) is 32.0 Å². The van der Waals surface area contributed by atoms with Crippen molar-refractivity contribution in [2.24, 2.45) is 5.92 Å². The van der Waals surface area contributed by atoms with Crippen LogP contribution in [0.25, 0.3) is 0 Å². The van der Waals surface area contributed by atoms with Crippen molar-refractivity contribution in [3.63, 3.8) is 0 Å². The van der Waals surface area contributed by atoms with Crippen LogP contribution in [-0.2, 0) is 6.42 Å². The highest BCUT2D eigenvalue weighted by molar-refractivity contribution is 5.55. The summed E-state index contributed by atoms with van der Waals surface area (Å²) < 4.78 is 0. The van der Waals surface area contributed by atoms with Gasteiger partial charge < -0.3 is 10.2 Å². The van der Waals surface area contributed by atoms with Gasteiger partial charge in [0, 0.05) is 24.8 Å². The first-order valence-electron chi connectivity index (χ1n) is 7.27. The summed E-state index contributed by atoms with van der Waals surface area (Å²) >= 11 is 0. The van der Waals surface area contributed by atoms with Crippen molar-refractivity contribution in [2.75, 3.05) is 24.5 Å². The molecule has 1 aliphatic heterocycles. The maximum Gasteiger partial charge on any atom is 0.0398 e. The van der Waals surface area contributed by atoms with Gasteiger partial charge in [-0.25, -0.2) is 0 Å². The molecular weight excluding hydrogens is 220 g/mol. The topological polar surface area (TPSA) is 15.3 Å². The summed E-state index contributed by atoms with van der Waals surface area (Å²) in [5, 5.41) is 3.49. The molecule has 1 aromatic carbocycles. The van der Waals surface area contributed by atoms with Crippen molar-refractivity contribution in [3.05, 3.63) is 29.8 Å². The highest BCUT2D eigenvalue weighted by atomic mass is 15.1. The van der Waals surface area contributed by atoms with Gasteiger partial charge in [0.15, 0.2) is 0 Å². The molecule has 1 aliphatic rings. The Morgan fingerprint density at radius 2 is 2.17 bits per heavy atom. The standard InChI is InChI=1S/C16H26N2/c1-4-17-14(3)9-10-18-12-13(2)11-15-7-5-6-8-16(15)18/h5-8,13-14,17H,4,9-12H2,1-3H3. The molecule has 0 amide bonds. The molecule has 18 heavy (non-hydrogen) atoms. The average molecular weight is 246 g/mol. The third kappa shape index (κ3) is 3.26. The van der Waals surface area contributed by atoms with Crippen LogP contribution in [0.15, 0.2) is 24.3 Å². The van der Waals surface area contributed by atoms with Crippen molar-refractivity contribution in [2.45, 2.75) is 39.7 Å². The predicted octanol–water partition coefficient (Wildman–Crippen LogP) is 3.07. The van der Waals surface area contributed by atoms with Crippen molar-refractivity contribution < 1.29 is 0 Å². The highest BCUT2D eigenvalue weighted by Crippen LogP contribution is 2.29. The molecule has 0 saturated heterocycles. The van der Waals surface area contributed by atoms with E-state index >= 15 is 0 Å². The molecule has 2 unspecified atom stereocenters. The summed E-state index contributed by atoms with van der Waals surface area (Å²) in [6.07, 6.45) is 2.45. The third-order valence-electron chi connectivity index (χ3n) is 3.82. The predicted molar refractivity (Wildman–Crippen MR) is 79.3 cm³/mol.